The van der Waals surface area contributed by atoms with Crippen LogP contribution in [0.1, 0.15) is 19.8 Å². The van der Waals surface area contributed by atoms with Crippen LogP contribution in [0.25, 0.3) is 0 Å². The van der Waals surface area contributed by atoms with Gasteiger partial charge in [0.05, 0.1) is 10.7 Å². The molecule has 0 spiro atoms. The lowest BCUT2D eigenvalue weighted by Gasteiger charge is -2.32. The number of hydrogen-bond acceptors (Lipinski definition) is 4. The van der Waals surface area contributed by atoms with E-state index >= 15 is 0 Å². The lowest BCUT2D eigenvalue weighted by molar-refractivity contribution is -0.121. The molecule has 2 aromatic rings. The van der Waals surface area contributed by atoms with Crippen molar-refractivity contribution in [3.05, 3.63) is 53.6 Å². The summed E-state index contributed by atoms with van der Waals surface area (Å²) >= 11 is 11.7. The number of carbonyl (C=O) groups is 1. The van der Waals surface area contributed by atoms with E-state index in [4.69, 9.17) is 28.6 Å². The van der Waals surface area contributed by atoms with Gasteiger partial charge in [0.15, 0.2) is 11.7 Å². The number of para-hydroxylation sites is 1. The molecule has 1 heterocycles. The maximum absolute atomic E-state index is 12.0. The van der Waals surface area contributed by atoms with Crippen LogP contribution in [0.4, 0.5) is 11.4 Å². The Morgan fingerprint density at radius 2 is 1.93 bits per heavy atom. The normalized spacial score (nSPS) is 14.4. The number of rotatable bonds is 5. The summed E-state index contributed by atoms with van der Waals surface area (Å²) in [7, 11) is 0. The van der Waals surface area contributed by atoms with Crippen LogP contribution >= 0.6 is 23.8 Å². The molecule has 1 aliphatic rings. The summed E-state index contributed by atoms with van der Waals surface area (Å²) in [5.74, 6) is 1.07. The lowest BCUT2D eigenvalue weighted by atomic mass is 9.99. The standard InChI is InChI=1S/C21H24ClN3O2S/c1-15-9-11-25(12-10-15)19-8-7-16(13-18(19)22)23-21(28)24-20(26)14-27-17-5-3-2-4-6-17/h2-8,13,15H,9-12,14H2,1H3,(H2,23,24,26,28). The van der Waals surface area contributed by atoms with E-state index in [0.29, 0.717) is 10.8 Å². The number of nitrogens with one attached hydrogen (secondary N) is 2. The van der Waals surface area contributed by atoms with E-state index in [9.17, 15) is 4.79 Å². The third kappa shape index (κ3) is 5.84. The molecule has 148 valence electrons. The molecule has 0 unspecified atom stereocenters. The molecule has 0 aliphatic carbocycles. The first-order valence-electron chi connectivity index (χ1n) is 9.34. The molecular weight excluding hydrogens is 394 g/mol. The van der Waals surface area contributed by atoms with Crippen LogP contribution in [0, 0.1) is 5.92 Å². The quantitative estimate of drug-likeness (QED) is 0.703. The average molecular weight is 418 g/mol. The van der Waals surface area contributed by atoms with Gasteiger partial charge < -0.3 is 15.0 Å². The molecule has 2 aromatic carbocycles. The molecule has 2 N–H and O–H groups in total. The first kappa shape index (κ1) is 20.4. The van der Waals surface area contributed by atoms with Crippen LogP contribution in [0.5, 0.6) is 5.75 Å². The van der Waals surface area contributed by atoms with E-state index < -0.39 is 0 Å². The number of halogens is 1. The summed E-state index contributed by atoms with van der Waals surface area (Å²) in [5, 5.41) is 6.47. The Morgan fingerprint density at radius 1 is 1.21 bits per heavy atom. The number of benzene rings is 2. The molecular formula is C21H24ClN3O2S. The second-order valence-corrected chi connectivity index (χ2v) is 7.76. The van der Waals surface area contributed by atoms with Crippen molar-refractivity contribution >= 4 is 46.2 Å². The van der Waals surface area contributed by atoms with Crippen molar-refractivity contribution < 1.29 is 9.53 Å². The topological polar surface area (TPSA) is 53.6 Å². The van der Waals surface area contributed by atoms with Crippen LogP contribution < -0.4 is 20.3 Å². The molecule has 0 saturated carbocycles. The molecule has 1 amide bonds. The van der Waals surface area contributed by atoms with Crippen molar-refractivity contribution in [1.29, 1.82) is 0 Å². The maximum Gasteiger partial charge on any atom is 0.264 e. The smallest absolute Gasteiger partial charge is 0.264 e. The zero-order valence-electron chi connectivity index (χ0n) is 15.8. The van der Waals surface area contributed by atoms with Gasteiger partial charge in [-0.15, -0.1) is 0 Å². The average Bonchev–Trinajstić information content (AvgIpc) is 2.68. The van der Waals surface area contributed by atoms with Crippen molar-refractivity contribution in [3.8, 4) is 5.75 Å². The van der Waals surface area contributed by atoms with Crippen molar-refractivity contribution in [2.75, 3.05) is 29.9 Å². The molecule has 1 aliphatic heterocycles. The minimum atomic E-state index is -0.327. The summed E-state index contributed by atoms with van der Waals surface area (Å²) in [6, 6.07) is 14.9. The molecule has 0 radical (unpaired) electrons. The number of nitrogens with zero attached hydrogens (tertiary/aromatic N) is 1. The summed E-state index contributed by atoms with van der Waals surface area (Å²) in [6.07, 6.45) is 2.36. The van der Waals surface area contributed by atoms with Crippen LogP contribution in [0.3, 0.4) is 0 Å². The Morgan fingerprint density at radius 3 is 2.61 bits per heavy atom. The van der Waals surface area contributed by atoms with Gasteiger partial charge in [0, 0.05) is 18.8 Å². The van der Waals surface area contributed by atoms with Gasteiger partial charge in [-0.25, -0.2) is 0 Å². The highest BCUT2D eigenvalue weighted by Crippen LogP contribution is 2.31. The van der Waals surface area contributed by atoms with Crippen LogP contribution in [-0.2, 0) is 4.79 Å². The number of hydrogen-bond donors (Lipinski definition) is 2. The number of piperidine rings is 1. The fourth-order valence-electron chi connectivity index (χ4n) is 3.08. The number of anilines is 2. The zero-order valence-corrected chi connectivity index (χ0v) is 17.4. The van der Waals surface area contributed by atoms with Gasteiger partial charge in [-0.2, -0.15) is 0 Å². The van der Waals surface area contributed by atoms with Crippen molar-refractivity contribution in [2.24, 2.45) is 5.92 Å². The summed E-state index contributed by atoms with van der Waals surface area (Å²) < 4.78 is 5.40. The number of amides is 1. The fourth-order valence-corrected chi connectivity index (χ4v) is 3.61. The molecule has 1 saturated heterocycles. The molecule has 7 heteroatoms. The van der Waals surface area contributed by atoms with Gasteiger partial charge in [-0.05, 0) is 61.3 Å². The highest BCUT2D eigenvalue weighted by molar-refractivity contribution is 7.80. The Bertz CT molecular complexity index is 824. The predicted molar refractivity (Wildman–Crippen MR) is 118 cm³/mol. The minimum Gasteiger partial charge on any atom is -0.484 e. The van der Waals surface area contributed by atoms with Gasteiger partial charge in [0.25, 0.3) is 5.91 Å². The zero-order chi connectivity index (χ0) is 19.9. The maximum atomic E-state index is 12.0. The van der Waals surface area contributed by atoms with Crippen LogP contribution in [0.15, 0.2) is 48.5 Å². The number of carbonyl (C=O) groups excluding carboxylic acids is 1. The Kier molecular flexibility index (Phi) is 7.12. The molecule has 0 aromatic heterocycles. The summed E-state index contributed by atoms with van der Waals surface area (Å²) in [5.41, 5.74) is 1.76. The molecule has 1 fully saturated rings. The van der Waals surface area contributed by atoms with E-state index in [-0.39, 0.29) is 17.6 Å². The third-order valence-electron chi connectivity index (χ3n) is 4.70. The first-order valence-corrected chi connectivity index (χ1v) is 10.1. The fraction of sp³-hybridized carbons (Fsp3) is 0.333. The van der Waals surface area contributed by atoms with Gasteiger partial charge in [-0.1, -0.05) is 36.7 Å². The molecule has 28 heavy (non-hydrogen) atoms. The number of thiocarbonyl (C=S) groups is 1. The summed E-state index contributed by atoms with van der Waals surface area (Å²) in [6.45, 7) is 4.21. The lowest BCUT2D eigenvalue weighted by Crippen LogP contribution is -2.37. The van der Waals surface area contributed by atoms with E-state index in [2.05, 4.69) is 22.5 Å². The van der Waals surface area contributed by atoms with E-state index in [1.807, 2.05) is 36.4 Å². The Balaban J connectivity index is 1.49. The van der Waals surface area contributed by atoms with E-state index in [0.717, 1.165) is 30.4 Å². The van der Waals surface area contributed by atoms with Crippen molar-refractivity contribution in [1.82, 2.24) is 5.32 Å². The molecule has 5 nitrogen and oxygen atoms in total. The largest absolute Gasteiger partial charge is 0.484 e. The third-order valence-corrected chi connectivity index (χ3v) is 5.20. The van der Waals surface area contributed by atoms with Gasteiger partial charge in [-0.3, -0.25) is 10.1 Å². The van der Waals surface area contributed by atoms with Crippen LogP contribution in [-0.4, -0.2) is 30.7 Å². The SMILES string of the molecule is CC1CCN(c2ccc(NC(=S)NC(=O)COc3ccccc3)cc2Cl)CC1. The van der Waals surface area contributed by atoms with Crippen LogP contribution in [0.2, 0.25) is 5.02 Å². The van der Waals surface area contributed by atoms with Crippen molar-refractivity contribution in [3.63, 3.8) is 0 Å². The highest BCUT2D eigenvalue weighted by atomic mass is 35.5. The number of ether oxygens (including phenoxy) is 1. The Labute approximate surface area is 176 Å². The Hall–Kier alpha value is -2.31. The van der Waals surface area contributed by atoms with Gasteiger partial charge in [0.2, 0.25) is 0 Å². The second kappa shape index (κ2) is 9.75. The predicted octanol–water partition coefficient (Wildman–Crippen LogP) is 4.47. The first-order chi connectivity index (χ1) is 13.5. The van der Waals surface area contributed by atoms with E-state index in [1.54, 1.807) is 12.1 Å². The molecule has 0 bridgehead atoms. The van der Waals surface area contributed by atoms with Gasteiger partial charge in [0.1, 0.15) is 5.75 Å². The second-order valence-electron chi connectivity index (χ2n) is 6.94. The molecule has 3 rings (SSSR count). The summed E-state index contributed by atoms with van der Waals surface area (Å²) in [4.78, 5) is 14.3. The van der Waals surface area contributed by atoms with E-state index in [1.165, 1.54) is 12.8 Å². The highest BCUT2D eigenvalue weighted by Gasteiger charge is 2.18. The van der Waals surface area contributed by atoms with Crippen molar-refractivity contribution in [2.45, 2.75) is 19.8 Å². The monoisotopic (exact) mass is 417 g/mol. The van der Waals surface area contributed by atoms with Gasteiger partial charge >= 0.3 is 0 Å². The minimum absolute atomic E-state index is 0.112. The molecule has 0 atom stereocenters.